The van der Waals surface area contributed by atoms with Crippen LogP contribution in [-0.2, 0) is 17.3 Å². The standard InChI is InChI=1S/C24H32/c1-7-18-8-10-19(11-9-18)17(2)20-12-13-21-22(16-20)24(5,6)15-14-23(21,3)4/h8-13,16-17H,7,14-15H2,1-6H3. The number of rotatable bonds is 3. The lowest BCUT2D eigenvalue weighted by molar-refractivity contribution is 0.331. The average Bonchev–Trinajstić information content (AvgIpc) is 2.58. The second kappa shape index (κ2) is 6.06. The summed E-state index contributed by atoms with van der Waals surface area (Å²) in [6.07, 6.45) is 3.66. The van der Waals surface area contributed by atoms with Crippen LogP contribution in [0.2, 0.25) is 0 Å². The zero-order valence-corrected chi connectivity index (χ0v) is 16.2. The van der Waals surface area contributed by atoms with Crippen LogP contribution in [0.15, 0.2) is 42.5 Å². The summed E-state index contributed by atoms with van der Waals surface area (Å²) in [5.74, 6) is 0.446. The molecule has 0 saturated carbocycles. The highest BCUT2D eigenvalue weighted by molar-refractivity contribution is 5.46. The van der Waals surface area contributed by atoms with Gasteiger partial charge in [-0.05, 0) is 57.9 Å². The van der Waals surface area contributed by atoms with Gasteiger partial charge in [0.05, 0.1) is 0 Å². The van der Waals surface area contributed by atoms with Crippen molar-refractivity contribution in [2.24, 2.45) is 0 Å². The van der Waals surface area contributed by atoms with Crippen LogP contribution in [0.25, 0.3) is 0 Å². The third-order valence-electron chi connectivity index (χ3n) is 6.26. The largest absolute Gasteiger partial charge is 0.0613 e. The Hall–Kier alpha value is -1.56. The molecule has 0 saturated heterocycles. The first-order valence-corrected chi connectivity index (χ1v) is 9.48. The molecule has 1 aliphatic carbocycles. The molecule has 0 radical (unpaired) electrons. The molecule has 0 bridgehead atoms. The van der Waals surface area contributed by atoms with Crippen LogP contribution in [0.1, 0.15) is 88.1 Å². The van der Waals surface area contributed by atoms with Gasteiger partial charge >= 0.3 is 0 Å². The van der Waals surface area contributed by atoms with Gasteiger partial charge in [0.25, 0.3) is 0 Å². The second-order valence-electron chi connectivity index (χ2n) is 8.89. The minimum absolute atomic E-state index is 0.284. The molecule has 3 rings (SSSR count). The highest BCUT2D eigenvalue weighted by Crippen LogP contribution is 2.46. The summed E-state index contributed by atoms with van der Waals surface area (Å²) in [6, 6.07) is 16.4. The van der Waals surface area contributed by atoms with Gasteiger partial charge in [0.15, 0.2) is 0 Å². The molecule has 0 nitrogen and oxygen atoms in total. The molecule has 1 unspecified atom stereocenters. The van der Waals surface area contributed by atoms with Crippen molar-refractivity contribution in [3.63, 3.8) is 0 Å². The molecule has 1 aliphatic rings. The summed E-state index contributed by atoms with van der Waals surface area (Å²) >= 11 is 0. The maximum absolute atomic E-state index is 2.49. The maximum atomic E-state index is 2.49. The van der Waals surface area contributed by atoms with E-state index in [2.05, 4.69) is 84.0 Å². The molecular weight excluding hydrogens is 288 g/mol. The highest BCUT2D eigenvalue weighted by Gasteiger charge is 2.37. The Balaban J connectivity index is 2.00. The van der Waals surface area contributed by atoms with E-state index in [4.69, 9.17) is 0 Å². The number of hydrogen-bond donors (Lipinski definition) is 0. The Kier molecular flexibility index (Phi) is 4.36. The topological polar surface area (TPSA) is 0 Å². The van der Waals surface area contributed by atoms with Crippen molar-refractivity contribution in [1.82, 2.24) is 0 Å². The zero-order chi connectivity index (χ0) is 17.5. The van der Waals surface area contributed by atoms with Crippen LogP contribution in [-0.4, -0.2) is 0 Å². The average molecular weight is 321 g/mol. The van der Waals surface area contributed by atoms with Gasteiger partial charge in [-0.2, -0.15) is 0 Å². The number of aryl methyl sites for hydroxylation is 1. The quantitative estimate of drug-likeness (QED) is 0.586. The van der Waals surface area contributed by atoms with E-state index in [1.54, 1.807) is 11.1 Å². The Morgan fingerprint density at radius 2 is 1.33 bits per heavy atom. The van der Waals surface area contributed by atoms with Crippen molar-refractivity contribution < 1.29 is 0 Å². The third-order valence-corrected chi connectivity index (χ3v) is 6.26. The number of fused-ring (bicyclic) bond motifs is 1. The second-order valence-corrected chi connectivity index (χ2v) is 8.89. The molecule has 24 heavy (non-hydrogen) atoms. The monoisotopic (exact) mass is 320 g/mol. The van der Waals surface area contributed by atoms with E-state index in [0.29, 0.717) is 11.3 Å². The lowest BCUT2D eigenvalue weighted by Crippen LogP contribution is -2.34. The molecule has 0 N–H and O–H groups in total. The molecule has 128 valence electrons. The van der Waals surface area contributed by atoms with Gasteiger partial charge in [0.1, 0.15) is 0 Å². The van der Waals surface area contributed by atoms with Gasteiger partial charge in [0.2, 0.25) is 0 Å². The first-order valence-electron chi connectivity index (χ1n) is 9.48. The molecule has 0 amide bonds. The fraction of sp³-hybridized carbons (Fsp3) is 0.500. The lowest BCUT2D eigenvalue weighted by atomic mass is 9.62. The molecule has 0 spiro atoms. The Labute approximate surface area is 148 Å². The smallest absolute Gasteiger partial charge is 0.00611 e. The Bertz CT molecular complexity index is 716. The van der Waals surface area contributed by atoms with Crippen molar-refractivity contribution in [2.45, 2.75) is 77.6 Å². The maximum Gasteiger partial charge on any atom is 0.00611 e. The molecule has 0 fully saturated rings. The summed E-state index contributed by atoms with van der Waals surface area (Å²) < 4.78 is 0. The molecule has 0 aromatic heterocycles. The van der Waals surface area contributed by atoms with Crippen LogP contribution in [0.4, 0.5) is 0 Å². The van der Waals surface area contributed by atoms with Crippen molar-refractivity contribution in [3.05, 3.63) is 70.3 Å². The zero-order valence-electron chi connectivity index (χ0n) is 16.2. The molecule has 0 heteroatoms. The van der Waals surface area contributed by atoms with E-state index in [0.717, 1.165) is 6.42 Å². The fourth-order valence-corrected chi connectivity index (χ4v) is 4.11. The molecule has 0 heterocycles. The minimum Gasteiger partial charge on any atom is -0.0613 e. The first-order chi connectivity index (χ1) is 11.2. The highest BCUT2D eigenvalue weighted by atomic mass is 14.4. The normalized spacial score (nSPS) is 19.6. The van der Waals surface area contributed by atoms with Gasteiger partial charge in [-0.1, -0.05) is 84.0 Å². The van der Waals surface area contributed by atoms with E-state index in [-0.39, 0.29) is 5.41 Å². The molecule has 1 atom stereocenters. The first kappa shape index (κ1) is 17.3. The van der Waals surface area contributed by atoms with E-state index in [9.17, 15) is 0 Å². The van der Waals surface area contributed by atoms with Crippen LogP contribution in [0.3, 0.4) is 0 Å². The molecule has 0 aliphatic heterocycles. The van der Waals surface area contributed by atoms with Crippen molar-refractivity contribution in [2.75, 3.05) is 0 Å². The van der Waals surface area contributed by atoms with Crippen LogP contribution in [0, 0.1) is 0 Å². The summed E-state index contributed by atoms with van der Waals surface area (Å²) in [5.41, 5.74) is 7.98. The van der Waals surface area contributed by atoms with Crippen LogP contribution in [0.5, 0.6) is 0 Å². The van der Waals surface area contributed by atoms with Crippen LogP contribution >= 0.6 is 0 Å². The minimum atomic E-state index is 0.284. The lowest BCUT2D eigenvalue weighted by Gasteiger charge is -2.42. The fourth-order valence-electron chi connectivity index (χ4n) is 4.11. The Morgan fingerprint density at radius 1 is 0.792 bits per heavy atom. The predicted molar refractivity (Wildman–Crippen MR) is 105 cm³/mol. The van der Waals surface area contributed by atoms with E-state index < -0.39 is 0 Å². The predicted octanol–water partition coefficient (Wildman–Crippen LogP) is 6.75. The van der Waals surface area contributed by atoms with Gasteiger partial charge in [0, 0.05) is 5.92 Å². The number of benzene rings is 2. The molecule has 2 aromatic rings. The molecular formula is C24H32. The van der Waals surface area contributed by atoms with Gasteiger partial charge in [-0.3, -0.25) is 0 Å². The van der Waals surface area contributed by atoms with Gasteiger partial charge < -0.3 is 0 Å². The van der Waals surface area contributed by atoms with Gasteiger partial charge in [-0.25, -0.2) is 0 Å². The van der Waals surface area contributed by atoms with Crippen molar-refractivity contribution in [3.8, 4) is 0 Å². The third kappa shape index (κ3) is 3.04. The molecule has 2 aromatic carbocycles. The Morgan fingerprint density at radius 3 is 1.92 bits per heavy atom. The summed E-state index contributed by atoms with van der Waals surface area (Å²) in [4.78, 5) is 0. The van der Waals surface area contributed by atoms with E-state index in [1.165, 1.54) is 29.5 Å². The van der Waals surface area contributed by atoms with Crippen molar-refractivity contribution in [1.29, 1.82) is 0 Å². The summed E-state index contributed by atoms with van der Waals surface area (Å²) in [6.45, 7) is 14.2. The van der Waals surface area contributed by atoms with E-state index in [1.807, 2.05) is 0 Å². The number of hydrogen-bond acceptors (Lipinski definition) is 0. The summed E-state index contributed by atoms with van der Waals surface area (Å²) in [5, 5.41) is 0. The SMILES string of the molecule is CCc1ccc(C(C)c2ccc3c(c2)C(C)(C)CCC3(C)C)cc1. The van der Waals surface area contributed by atoms with Crippen molar-refractivity contribution >= 4 is 0 Å². The van der Waals surface area contributed by atoms with Gasteiger partial charge in [-0.15, -0.1) is 0 Å². The van der Waals surface area contributed by atoms with Crippen LogP contribution < -0.4 is 0 Å². The summed E-state index contributed by atoms with van der Waals surface area (Å²) in [7, 11) is 0. The van der Waals surface area contributed by atoms with E-state index >= 15 is 0 Å².